The topological polar surface area (TPSA) is 108 Å². The number of benzene rings is 1. The number of hydrogen-bond acceptors (Lipinski definition) is 5. The van der Waals surface area contributed by atoms with Crippen LogP contribution < -0.4 is 10.6 Å². The fourth-order valence-corrected chi connectivity index (χ4v) is 4.05. The molecule has 1 rings (SSSR count). The van der Waals surface area contributed by atoms with E-state index in [0.29, 0.717) is 30.6 Å². The minimum absolute atomic E-state index is 0.120. The van der Waals surface area contributed by atoms with Crippen LogP contribution in [0.15, 0.2) is 18.2 Å². The van der Waals surface area contributed by atoms with Gasteiger partial charge in [-0.15, -0.1) is 0 Å². The summed E-state index contributed by atoms with van der Waals surface area (Å²) in [4.78, 5) is 41.9. The van der Waals surface area contributed by atoms with Crippen molar-refractivity contribution in [2.75, 3.05) is 13.1 Å². The van der Waals surface area contributed by atoms with Gasteiger partial charge in [-0.2, -0.15) is 0 Å². The molecular formula is C29H49N3O5. The van der Waals surface area contributed by atoms with Crippen LogP contribution in [0.1, 0.15) is 104 Å². The maximum Gasteiger partial charge on any atom is 0.408 e. The quantitative estimate of drug-likeness (QED) is 0.277. The van der Waals surface area contributed by atoms with Gasteiger partial charge in [-0.05, 0) is 76.1 Å². The number of rotatable bonds is 14. The van der Waals surface area contributed by atoms with Crippen molar-refractivity contribution in [2.45, 2.75) is 112 Å². The molecule has 0 heterocycles. The number of amides is 3. The van der Waals surface area contributed by atoms with E-state index in [9.17, 15) is 19.5 Å². The molecular weight excluding hydrogens is 470 g/mol. The molecule has 1 aromatic carbocycles. The average Bonchev–Trinajstić information content (AvgIpc) is 2.78. The number of alkyl carbamates (subject to hydrolysis) is 1. The van der Waals surface area contributed by atoms with Crippen molar-refractivity contribution < 1.29 is 24.2 Å². The second-order valence-electron chi connectivity index (χ2n) is 11.2. The Morgan fingerprint density at radius 2 is 1.70 bits per heavy atom. The Balaban J connectivity index is 3.49. The van der Waals surface area contributed by atoms with Crippen LogP contribution in [0.2, 0.25) is 0 Å². The maximum absolute atomic E-state index is 14.1. The van der Waals surface area contributed by atoms with Crippen molar-refractivity contribution in [3.05, 3.63) is 29.3 Å². The van der Waals surface area contributed by atoms with Gasteiger partial charge in [0.15, 0.2) is 0 Å². The molecule has 0 radical (unpaired) electrons. The van der Waals surface area contributed by atoms with Gasteiger partial charge in [0.2, 0.25) is 11.8 Å². The SMILES string of the molecule is CCCCCN(C(=O)C(CC(C)C)NC(=O)OC(C)(C)C)C(C(=O)NCCCC)c1ccc(O)c(C)c1. The Kier molecular flexibility index (Phi) is 13.5. The summed E-state index contributed by atoms with van der Waals surface area (Å²) in [5.41, 5.74) is 0.534. The predicted octanol–water partition coefficient (Wildman–Crippen LogP) is 5.62. The summed E-state index contributed by atoms with van der Waals surface area (Å²) in [7, 11) is 0. The average molecular weight is 520 g/mol. The van der Waals surface area contributed by atoms with Gasteiger partial charge in [-0.3, -0.25) is 9.59 Å². The predicted molar refractivity (Wildman–Crippen MR) is 147 cm³/mol. The van der Waals surface area contributed by atoms with Crippen LogP contribution in [0, 0.1) is 12.8 Å². The number of phenolic OH excluding ortho intramolecular Hbond substituents is 1. The number of unbranched alkanes of at least 4 members (excludes halogenated alkanes) is 3. The Labute approximate surface area is 223 Å². The van der Waals surface area contributed by atoms with E-state index in [4.69, 9.17) is 4.74 Å². The number of hydrogen-bond donors (Lipinski definition) is 3. The lowest BCUT2D eigenvalue weighted by atomic mass is 9.97. The molecule has 2 unspecified atom stereocenters. The first-order valence-corrected chi connectivity index (χ1v) is 13.7. The van der Waals surface area contributed by atoms with Crippen molar-refractivity contribution in [2.24, 2.45) is 5.92 Å². The number of phenols is 1. The summed E-state index contributed by atoms with van der Waals surface area (Å²) in [6.45, 7) is 16.0. The van der Waals surface area contributed by atoms with Gasteiger partial charge in [0, 0.05) is 13.1 Å². The van der Waals surface area contributed by atoms with Crippen LogP contribution in [-0.4, -0.2) is 52.6 Å². The standard InChI is InChI=1S/C29H49N3O5/c1-9-11-13-17-32(27(35)23(18-20(3)4)31-28(36)37-29(6,7)8)25(26(34)30-16-12-10-2)22-14-15-24(33)21(5)19-22/h14-15,19-20,23,25,33H,9-13,16-18H2,1-8H3,(H,30,34)(H,31,36). The number of carbonyl (C=O) groups excluding carboxylic acids is 3. The van der Waals surface area contributed by atoms with Crippen LogP contribution >= 0.6 is 0 Å². The van der Waals surface area contributed by atoms with Crippen LogP contribution in [0.25, 0.3) is 0 Å². The van der Waals surface area contributed by atoms with Gasteiger partial charge < -0.3 is 25.4 Å². The number of aryl methyl sites for hydroxylation is 1. The number of nitrogens with one attached hydrogen (secondary N) is 2. The first-order valence-electron chi connectivity index (χ1n) is 13.7. The molecule has 0 bridgehead atoms. The normalized spacial score (nSPS) is 13.1. The largest absolute Gasteiger partial charge is 0.508 e. The molecule has 8 nitrogen and oxygen atoms in total. The highest BCUT2D eigenvalue weighted by molar-refractivity contribution is 5.92. The van der Waals surface area contributed by atoms with Gasteiger partial charge in [0.05, 0.1) is 0 Å². The highest BCUT2D eigenvalue weighted by Crippen LogP contribution is 2.28. The third-order valence-corrected chi connectivity index (χ3v) is 5.91. The minimum Gasteiger partial charge on any atom is -0.508 e. The first kappa shape index (κ1) is 32.3. The lowest BCUT2D eigenvalue weighted by molar-refractivity contribution is -0.143. The summed E-state index contributed by atoms with van der Waals surface area (Å²) < 4.78 is 5.44. The number of carbonyl (C=O) groups is 3. The molecule has 0 aliphatic carbocycles. The minimum atomic E-state index is -0.893. The van der Waals surface area contributed by atoms with E-state index in [1.165, 1.54) is 0 Å². The van der Waals surface area contributed by atoms with E-state index < -0.39 is 23.8 Å². The van der Waals surface area contributed by atoms with E-state index >= 15 is 0 Å². The van der Waals surface area contributed by atoms with E-state index in [1.54, 1.807) is 50.8 Å². The first-order chi connectivity index (χ1) is 17.3. The van der Waals surface area contributed by atoms with Crippen LogP contribution in [0.4, 0.5) is 4.79 Å². The molecule has 3 amide bonds. The van der Waals surface area contributed by atoms with Gasteiger partial charge in [0.1, 0.15) is 23.4 Å². The van der Waals surface area contributed by atoms with Gasteiger partial charge in [-0.25, -0.2) is 4.79 Å². The lowest BCUT2D eigenvalue weighted by Crippen LogP contribution is -2.53. The third-order valence-electron chi connectivity index (χ3n) is 5.91. The van der Waals surface area contributed by atoms with Crippen molar-refractivity contribution in [3.8, 4) is 5.75 Å². The smallest absolute Gasteiger partial charge is 0.408 e. The second-order valence-corrected chi connectivity index (χ2v) is 11.2. The summed E-state index contributed by atoms with van der Waals surface area (Å²) in [6.07, 6.45) is 4.08. The maximum atomic E-state index is 14.1. The highest BCUT2D eigenvalue weighted by atomic mass is 16.6. The second kappa shape index (κ2) is 15.5. The number of nitrogens with zero attached hydrogens (tertiary/aromatic N) is 1. The third kappa shape index (κ3) is 11.4. The molecule has 0 saturated heterocycles. The zero-order valence-corrected chi connectivity index (χ0v) is 24.1. The Hall–Kier alpha value is -2.77. The molecule has 0 aliphatic rings. The number of ether oxygens (including phenoxy) is 1. The van der Waals surface area contributed by atoms with E-state index in [2.05, 4.69) is 17.6 Å². The van der Waals surface area contributed by atoms with E-state index in [0.717, 1.165) is 32.1 Å². The fourth-order valence-electron chi connectivity index (χ4n) is 4.05. The molecule has 0 saturated carbocycles. The molecule has 1 aromatic rings. The Morgan fingerprint density at radius 1 is 1.05 bits per heavy atom. The molecule has 0 aliphatic heterocycles. The van der Waals surface area contributed by atoms with E-state index in [-0.39, 0.29) is 23.5 Å². The van der Waals surface area contributed by atoms with Crippen molar-refractivity contribution >= 4 is 17.9 Å². The Morgan fingerprint density at radius 3 is 2.24 bits per heavy atom. The van der Waals surface area contributed by atoms with Crippen molar-refractivity contribution in [1.82, 2.24) is 15.5 Å². The molecule has 0 spiro atoms. The molecule has 210 valence electrons. The van der Waals surface area contributed by atoms with Crippen LogP contribution in [-0.2, 0) is 14.3 Å². The molecule has 0 fully saturated rings. The molecule has 3 N–H and O–H groups in total. The zero-order valence-electron chi connectivity index (χ0n) is 24.1. The van der Waals surface area contributed by atoms with Gasteiger partial charge in [-0.1, -0.05) is 53.0 Å². The molecule has 37 heavy (non-hydrogen) atoms. The van der Waals surface area contributed by atoms with Gasteiger partial charge >= 0.3 is 6.09 Å². The van der Waals surface area contributed by atoms with Crippen molar-refractivity contribution in [1.29, 1.82) is 0 Å². The highest BCUT2D eigenvalue weighted by Gasteiger charge is 2.36. The summed E-state index contributed by atoms with van der Waals surface area (Å²) >= 11 is 0. The van der Waals surface area contributed by atoms with Crippen molar-refractivity contribution in [3.63, 3.8) is 0 Å². The molecule has 0 aromatic heterocycles. The van der Waals surface area contributed by atoms with E-state index in [1.807, 2.05) is 20.8 Å². The Bertz CT molecular complexity index is 879. The summed E-state index contributed by atoms with van der Waals surface area (Å²) in [5, 5.41) is 15.9. The lowest BCUT2D eigenvalue weighted by Gasteiger charge is -2.35. The van der Waals surface area contributed by atoms with Gasteiger partial charge in [0.25, 0.3) is 0 Å². The zero-order chi connectivity index (χ0) is 28.2. The molecule has 8 heteroatoms. The monoisotopic (exact) mass is 519 g/mol. The van der Waals surface area contributed by atoms with Crippen LogP contribution in [0.3, 0.4) is 0 Å². The summed E-state index contributed by atoms with van der Waals surface area (Å²) in [5.74, 6) is -0.350. The fraction of sp³-hybridized carbons (Fsp3) is 0.690. The molecule has 2 atom stereocenters. The number of aromatic hydroxyl groups is 1. The van der Waals surface area contributed by atoms with Crippen LogP contribution in [0.5, 0.6) is 5.75 Å². The summed E-state index contributed by atoms with van der Waals surface area (Å²) in [6, 6.07) is 3.25.